The smallest absolute Gasteiger partial charge is 0.319 e. The maximum atomic E-state index is 11.8. The summed E-state index contributed by atoms with van der Waals surface area (Å²) in [6, 6.07) is 6.53. The third kappa shape index (κ3) is 6.25. The molecule has 0 fully saturated rings. The summed E-state index contributed by atoms with van der Waals surface area (Å²) in [6.07, 6.45) is 0.0564. The lowest BCUT2D eigenvalue weighted by Gasteiger charge is -2.12. The van der Waals surface area contributed by atoms with Crippen LogP contribution in [0.15, 0.2) is 24.3 Å². The Morgan fingerprint density at radius 1 is 1.09 bits per heavy atom. The molecule has 1 aromatic carbocycles. The molecule has 1 rings (SSSR count). The summed E-state index contributed by atoms with van der Waals surface area (Å²) in [7, 11) is 0. The lowest BCUT2D eigenvalue weighted by atomic mass is 10.1. The number of carbonyl (C=O) groups is 3. The first-order chi connectivity index (χ1) is 10.4. The number of anilines is 1. The average Bonchev–Trinajstić information content (AvgIpc) is 2.44. The summed E-state index contributed by atoms with van der Waals surface area (Å²) in [5, 5.41) is 7.98. The highest BCUT2D eigenvalue weighted by Gasteiger charge is 2.09. The molecule has 0 aliphatic heterocycles. The summed E-state index contributed by atoms with van der Waals surface area (Å²) in [4.78, 5) is 34.1. The van der Waals surface area contributed by atoms with Crippen molar-refractivity contribution in [2.45, 2.75) is 20.3 Å². The Labute approximate surface area is 129 Å². The number of nitrogens with one attached hydrogen (secondary N) is 3. The molecule has 120 valence electrons. The topological polar surface area (TPSA) is 113 Å². The molecule has 1 aromatic rings. The predicted molar refractivity (Wildman–Crippen MR) is 84.2 cm³/mol. The molecule has 5 N–H and O–H groups in total. The summed E-state index contributed by atoms with van der Waals surface area (Å²) >= 11 is 0. The average molecular weight is 306 g/mol. The quantitative estimate of drug-likeness (QED) is 0.553. The van der Waals surface area contributed by atoms with Crippen molar-refractivity contribution in [3.05, 3.63) is 29.8 Å². The van der Waals surface area contributed by atoms with Crippen LogP contribution in [0.5, 0.6) is 0 Å². The molecule has 0 radical (unpaired) electrons. The van der Waals surface area contributed by atoms with Crippen LogP contribution in [0.1, 0.15) is 19.4 Å². The van der Waals surface area contributed by atoms with Crippen LogP contribution in [0.2, 0.25) is 0 Å². The van der Waals surface area contributed by atoms with Crippen LogP contribution in [-0.2, 0) is 16.0 Å². The zero-order valence-corrected chi connectivity index (χ0v) is 12.8. The van der Waals surface area contributed by atoms with Crippen molar-refractivity contribution in [3.8, 4) is 0 Å². The van der Waals surface area contributed by atoms with E-state index in [1.807, 2.05) is 0 Å². The molecule has 0 aliphatic rings. The maximum Gasteiger partial charge on any atom is 0.319 e. The number of rotatable bonds is 7. The van der Waals surface area contributed by atoms with E-state index in [1.165, 1.54) is 0 Å². The van der Waals surface area contributed by atoms with Crippen molar-refractivity contribution in [1.82, 2.24) is 10.6 Å². The second-order valence-electron chi connectivity index (χ2n) is 5.13. The van der Waals surface area contributed by atoms with Gasteiger partial charge in [0.05, 0.1) is 6.42 Å². The van der Waals surface area contributed by atoms with Crippen LogP contribution in [0.4, 0.5) is 10.5 Å². The molecule has 0 saturated heterocycles. The first-order valence-electron chi connectivity index (χ1n) is 7.09. The van der Waals surface area contributed by atoms with Gasteiger partial charge in [0.1, 0.15) is 0 Å². The van der Waals surface area contributed by atoms with Crippen LogP contribution in [-0.4, -0.2) is 30.9 Å². The van der Waals surface area contributed by atoms with E-state index in [2.05, 4.69) is 16.0 Å². The molecule has 4 amide bonds. The van der Waals surface area contributed by atoms with E-state index in [9.17, 15) is 14.4 Å². The van der Waals surface area contributed by atoms with Crippen LogP contribution in [0.3, 0.4) is 0 Å². The zero-order valence-electron chi connectivity index (χ0n) is 12.8. The number of hydrogen-bond acceptors (Lipinski definition) is 3. The molecule has 0 heterocycles. The van der Waals surface area contributed by atoms with Crippen molar-refractivity contribution < 1.29 is 14.4 Å². The van der Waals surface area contributed by atoms with Gasteiger partial charge in [-0.05, 0) is 11.6 Å². The Bertz CT molecular complexity index is 543. The summed E-state index contributed by atoms with van der Waals surface area (Å²) in [6.45, 7) is 4.26. The van der Waals surface area contributed by atoms with E-state index in [0.717, 1.165) is 0 Å². The Hall–Kier alpha value is -2.57. The Morgan fingerprint density at radius 2 is 1.73 bits per heavy atom. The van der Waals surface area contributed by atoms with Crippen molar-refractivity contribution >= 4 is 23.5 Å². The number of nitrogens with two attached hydrogens (primary N) is 1. The van der Waals surface area contributed by atoms with Gasteiger partial charge in [0.15, 0.2) is 0 Å². The number of primary amides is 1. The molecule has 22 heavy (non-hydrogen) atoms. The van der Waals surface area contributed by atoms with E-state index >= 15 is 0 Å². The maximum absolute atomic E-state index is 11.8. The molecule has 7 heteroatoms. The van der Waals surface area contributed by atoms with Gasteiger partial charge in [-0.1, -0.05) is 32.0 Å². The standard InChI is InChI=1S/C15H22N4O3/c1-10(2)14(21)17-7-8-18-15(22)19-12-6-4-3-5-11(12)9-13(16)20/h3-6,10H,7-9H2,1-2H3,(H2,16,20)(H,17,21)(H2,18,19,22). The zero-order chi connectivity index (χ0) is 16.5. The molecule has 0 aliphatic carbocycles. The summed E-state index contributed by atoms with van der Waals surface area (Å²) < 4.78 is 0. The molecule has 0 saturated carbocycles. The largest absolute Gasteiger partial charge is 0.369 e. The van der Waals surface area contributed by atoms with Crippen LogP contribution < -0.4 is 21.7 Å². The second-order valence-corrected chi connectivity index (χ2v) is 5.13. The predicted octanol–water partition coefficient (Wildman–Crippen LogP) is 0.608. The van der Waals surface area contributed by atoms with E-state index in [-0.39, 0.29) is 18.2 Å². The van der Waals surface area contributed by atoms with Crippen molar-refractivity contribution in [1.29, 1.82) is 0 Å². The molecule has 0 aromatic heterocycles. The Balaban J connectivity index is 2.42. The Kier molecular flexibility index (Phi) is 6.88. The third-order valence-electron chi connectivity index (χ3n) is 2.86. The molecular weight excluding hydrogens is 284 g/mol. The van der Waals surface area contributed by atoms with Gasteiger partial charge in [-0.25, -0.2) is 4.79 Å². The van der Waals surface area contributed by atoms with Gasteiger partial charge in [0.25, 0.3) is 0 Å². The summed E-state index contributed by atoms with van der Waals surface area (Å²) in [5.74, 6) is -0.616. The normalized spacial score (nSPS) is 10.1. The molecule has 0 spiro atoms. The number of para-hydroxylation sites is 1. The van der Waals surface area contributed by atoms with Gasteiger partial charge in [-0.15, -0.1) is 0 Å². The number of hydrogen-bond donors (Lipinski definition) is 4. The second kappa shape index (κ2) is 8.66. The fourth-order valence-corrected chi connectivity index (χ4v) is 1.72. The SMILES string of the molecule is CC(C)C(=O)NCCNC(=O)Nc1ccccc1CC(N)=O. The molecule has 0 bridgehead atoms. The number of amides is 4. The van der Waals surface area contributed by atoms with Gasteiger partial charge in [-0.2, -0.15) is 0 Å². The fourth-order valence-electron chi connectivity index (χ4n) is 1.72. The highest BCUT2D eigenvalue weighted by molar-refractivity contribution is 5.91. The van der Waals surface area contributed by atoms with Crippen LogP contribution >= 0.6 is 0 Å². The first kappa shape index (κ1) is 17.5. The summed E-state index contributed by atoms with van der Waals surface area (Å²) in [5.41, 5.74) is 6.35. The van der Waals surface area contributed by atoms with E-state index in [4.69, 9.17) is 5.73 Å². The van der Waals surface area contributed by atoms with Crippen molar-refractivity contribution in [3.63, 3.8) is 0 Å². The lowest BCUT2D eigenvalue weighted by molar-refractivity contribution is -0.124. The van der Waals surface area contributed by atoms with Crippen LogP contribution in [0.25, 0.3) is 0 Å². The van der Waals surface area contributed by atoms with Crippen molar-refractivity contribution in [2.24, 2.45) is 11.7 Å². The van der Waals surface area contributed by atoms with Crippen molar-refractivity contribution in [2.75, 3.05) is 18.4 Å². The molecule has 7 nitrogen and oxygen atoms in total. The number of carbonyl (C=O) groups excluding carboxylic acids is 3. The molecule has 0 atom stereocenters. The minimum absolute atomic E-state index is 0.0564. The van der Waals surface area contributed by atoms with Gasteiger partial charge >= 0.3 is 6.03 Å². The van der Waals surface area contributed by atoms with Crippen LogP contribution in [0, 0.1) is 5.92 Å². The van der Waals surface area contributed by atoms with Gasteiger partial charge in [-0.3, -0.25) is 9.59 Å². The molecule has 0 unspecified atom stereocenters. The first-order valence-corrected chi connectivity index (χ1v) is 7.09. The lowest BCUT2D eigenvalue weighted by Crippen LogP contribution is -2.38. The van der Waals surface area contributed by atoms with E-state index in [1.54, 1.807) is 38.1 Å². The number of urea groups is 1. The highest BCUT2D eigenvalue weighted by Crippen LogP contribution is 2.15. The third-order valence-corrected chi connectivity index (χ3v) is 2.86. The van der Waals surface area contributed by atoms with Gasteiger partial charge in [0, 0.05) is 24.7 Å². The fraction of sp³-hybridized carbons (Fsp3) is 0.400. The van der Waals surface area contributed by atoms with Gasteiger partial charge < -0.3 is 21.7 Å². The van der Waals surface area contributed by atoms with E-state index < -0.39 is 11.9 Å². The molecular formula is C15H22N4O3. The van der Waals surface area contributed by atoms with E-state index in [0.29, 0.717) is 24.3 Å². The van der Waals surface area contributed by atoms with Gasteiger partial charge in [0.2, 0.25) is 11.8 Å². The monoisotopic (exact) mass is 306 g/mol. The number of benzene rings is 1. The Morgan fingerprint density at radius 3 is 2.36 bits per heavy atom. The minimum atomic E-state index is -0.467. The minimum Gasteiger partial charge on any atom is -0.369 e. The highest BCUT2D eigenvalue weighted by atomic mass is 16.2.